The summed E-state index contributed by atoms with van der Waals surface area (Å²) in [5, 5.41) is 0. The molecule has 0 fully saturated rings. The van der Waals surface area contributed by atoms with Crippen molar-refractivity contribution in [1.29, 1.82) is 0 Å². The molecular weight excluding hydrogens is 532 g/mol. The lowest BCUT2D eigenvalue weighted by Crippen LogP contribution is -2.61. The van der Waals surface area contributed by atoms with E-state index in [-0.39, 0.29) is 11.0 Å². The molecule has 220 valence electrons. The maximum atomic E-state index is 2.80. The molecular formula is C42H43N2+. The first-order valence-corrected chi connectivity index (χ1v) is 17.0. The third-order valence-electron chi connectivity index (χ3n) is 12.5. The molecule has 0 N–H and O–H groups in total. The summed E-state index contributed by atoms with van der Waals surface area (Å²) in [6.45, 7) is 12.2. The summed E-state index contributed by atoms with van der Waals surface area (Å²) in [6.07, 6.45) is 15.1. The number of rotatable bonds is 6. The summed E-state index contributed by atoms with van der Waals surface area (Å²) < 4.78 is 2.71. The number of benzene rings is 3. The van der Waals surface area contributed by atoms with Crippen molar-refractivity contribution in [1.82, 2.24) is 4.90 Å². The lowest BCUT2D eigenvalue weighted by molar-refractivity contribution is -0.737. The molecule has 0 saturated heterocycles. The molecule has 3 atom stereocenters. The van der Waals surface area contributed by atoms with Gasteiger partial charge in [-0.25, -0.2) is 0 Å². The Bertz CT molecular complexity index is 1920. The zero-order chi connectivity index (χ0) is 30.0. The molecule has 2 aliphatic carbocycles. The molecule has 0 spiro atoms. The molecule has 3 unspecified atom stereocenters. The van der Waals surface area contributed by atoms with Crippen molar-refractivity contribution < 1.29 is 4.57 Å². The Balaban J connectivity index is 1.27. The third-order valence-corrected chi connectivity index (χ3v) is 12.5. The van der Waals surface area contributed by atoms with Crippen LogP contribution in [0.3, 0.4) is 0 Å². The van der Waals surface area contributed by atoms with Crippen LogP contribution in [0.5, 0.6) is 0 Å². The van der Waals surface area contributed by atoms with Gasteiger partial charge in [0, 0.05) is 54.6 Å². The van der Waals surface area contributed by atoms with Crippen LogP contribution in [0.1, 0.15) is 105 Å². The molecule has 0 amide bonds. The maximum Gasteiger partial charge on any atom is 0.217 e. The van der Waals surface area contributed by atoms with Crippen LogP contribution in [0.25, 0.3) is 22.4 Å². The SMILES string of the molecule is CCC1(CC)c2cccc3c2C2C(=CC=CN2C1CC1(C)c2ccc(-c4ccccc4)c4c2-c2c(c(C(C)C)cc[n+]21)C4)C3. The van der Waals surface area contributed by atoms with Gasteiger partial charge in [-0.3, -0.25) is 0 Å². The first kappa shape index (κ1) is 26.5. The molecule has 2 nitrogen and oxygen atoms in total. The average Bonchev–Trinajstić information content (AvgIpc) is 3.71. The van der Waals surface area contributed by atoms with E-state index < -0.39 is 0 Å². The number of nitrogens with zero attached hydrogens (tertiary/aromatic N) is 2. The average molecular weight is 576 g/mol. The van der Waals surface area contributed by atoms with Crippen LogP contribution in [-0.4, -0.2) is 10.9 Å². The van der Waals surface area contributed by atoms with Crippen molar-refractivity contribution in [2.75, 3.05) is 0 Å². The highest BCUT2D eigenvalue weighted by molar-refractivity contribution is 5.86. The molecule has 2 heteroatoms. The van der Waals surface area contributed by atoms with E-state index in [1.807, 2.05) is 0 Å². The van der Waals surface area contributed by atoms with E-state index in [1.165, 1.54) is 39.1 Å². The van der Waals surface area contributed by atoms with Crippen molar-refractivity contribution in [3.05, 3.63) is 136 Å². The van der Waals surface area contributed by atoms with Gasteiger partial charge in [-0.05, 0) is 75.8 Å². The van der Waals surface area contributed by atoms with Gasteiger partial charge in [-0.2, -0.15) is 4.57 Å². The van der Waals surface area contributed by atoms with Crippen LogP contribution < -0.4 is 4.57 Å². The highest BCUT2D eigenvalue weighted by Crippen LogP contribution is 2.59. The van der Waals surface area contributed by atoms with Crippen LogP contribution in [0.15, 0.2) is 96.9 Å². The predicted octanol–water partition coefficient (Wildman–Crippen LogP) is 9.30. The molecule has 0 bridgehead atoms. The molecule has 4 heterocycles. The standard InChI is InChI=1S/C42H43N2/c1-6-42(7-2)35-17-11-15-28-23-29-16-12-21-43(39(29)37(28)35)36(42)25-41(5)34-19-18-31(27-13-9-8-10-14-27)32-24-33-30(26(3)4)20-22-44(41)40(33)38(32)34/h8-22,26,36,39H,6-7,23-25H2,1-5H3/q+1. The van der Waals surface area contributed by atoms with Crippen LogP contribution in [0.2, 0.25) is 0 Å². The van der Waals surface area contributed by atoms with Crippen molar-refractivity contribution in [2.45, 2.75) is 95.7 Å². The fourth-order valence-electron chi connectivity index (χ4n) is 10.4. The van der Waals surface area contributed by atoms with Gasteiger partial charge in [0.05, 0.1) is 11.6 Å². The molecule has 9 rings (SSSR count). The van der Waals surface area contributed by atoms with Crippen LogP contribution in [0.4, 0.5) is 0 Å². The highest BCUT2D eigenvalue weighted by atomic mass is 15.2. The Morgan fingerprint density at radius 2 is 1.70 bits per heavy atom. The summed E-state index contributed by atoms with van der Waals surface area (Å²) in [5.41, 5.74) is 18.2. The fraction of sp³-hybridized carbons (Fsp3) is 0.357. The Kier molecular flexibility index (Phi) is 5.46. The quantitative estimate of drug-likeness (QED) is 0.183. The lowest BCUT2D eigenvalue weighted by Gasteiger charge is -2.55. The van der Waals surface area contributed by atoms with E-state index in [2.05, 4.69) is 135 Å². The monoisotopic (exact) mass is 575 g/mol. The van der Waals surface area contributed by atoms with E-state index in [0.29, 0.717) is 18.0 Å². The molecule has 4 aromatic rings. The zero-order valence-corrected chi connectivity index (χ0v) is 26.8. The van der Waals surface area contributed by atoms with E-state index in [4.69, 9.17) is 0 Å². The second-order valence-electron chi connectivity index (χ2n) is 14.5. The minimum atomic E-state index is -0.136. The zero-order valence-electron chi connectivity index (χ0n) is 26.8. The number of aromatic nitrogens is 1. The molecule has 0 radical (unpaired) electrons. The lowest BCUT2D eigenvalue weighted by atomic mass is 9.61. The molecule has 5 aliphatic rings. The molecule has 3 aromatic carbocycles. The number of hydrogen-bond donors (Lipinski definition) is 0. The van der Waals surface area contributed by atoms with Crippen LogP contribution >= 0.6 is 0 Å². The van der Waals surface area contributed by atoms with Gasteiger partial charge in [0.2, 0.25) is 5.69 Å². The van der Waals surface area contributed by atoms with E-state index in [0.717, 1.165) is 32.1 Å². The van der Waals surface area contributed by atoms with E-state index >= 15 is 0 Å². The Morgan fingerprint density at radius 3 is 2.48 bits per heavy atom. The van der Waals surface area contributed by atoms with Gasteiger partial charge in [0.15, 0.2) is 11.7 Å². The van der Waals surface area contributed by atoms with Crippen molar-refractivity contribution in [3.63, 3.8) is 0 Å². The normalized spacial score (nSPS) is 24.1. The van der Waals surface area contributed by atoms with Crippen molar-refractivity contribution in [2.24, 2.45) is 0 Å². The minimum Gasteiger partial charge on any atom is -0.363 e. The minimum absolute atomic E-state index is 0.100. The summed E-state index contributed by atoms with van der Waals surface area (Å²) in [4.78, 5) is 2.80. The highest BCUT2D eigenvalue weighted by Gasteiger charge is 2.59. The fourth-order valence-corrected chi connectivity index (χ4v) is 10.4. The van der Waals surface area contributed by atoms with Crippen LogP contribution in [-0.2, 0) is 23.8 Å². The topological polar surface area (TPSA) is 7.12 Å². The Morgan fingerprint density at radius 1 is 0.886 bits per heavy atom. The van der Waals surface area contributed by atoms with Gasteiger partial charge in [0.25, 0.3) is 0 Å². The largest absolute Gasteiger partial charge is 0.363 e. The summed E-state index contributed by atoms with van der Waals surface area (Å²) >= 11 is 0. The Labute approximate surface area is 262 Å². The third kappa shape index (κ3) is 3.14. The molecule has 44 heavy (non-hydrogen) atoms. The number of allylic oxidation sites excluding steroid dienone is 2. The summed E-state index contributed by atoms with van der Waals surface area (Å²) in [5.74, 6) is 0.503. The molecule has 0 saturated carbocycles. The van der Waals surface area contributed by atoms with E-state index in [9.17, 15) is 0 Å². The van der Waals surface area contributed by atoms with Gasteiger partial charge < -0.3 is 4.90 Å². The van der Waals surface area contributed by atoms with Crippen molar-refractivity contribution >= 4 is 0 Å². The second-order valence-corrected chi connectivity index (χ2v) is 14.5. The summed E-state index contributed by atoms with van der Waals surface area (Å²) in [6, 6.07) is 26.5. The summed E-state index contributed by atoms with van der Waals surface area (Å²) in [7, 11) is 0. The molecule has 1 aromatic heterocycles. The van der Waals surface area contributed by atoms with Gasteiger partial charge in [-0.15, -0.1) is 0 Å². The Hall–Kier alpha value is -3.91. The smallest absolute Gasteiger partial charge is 0.217 e. The second kappa shape index (κ2) is 9.07. The van der Waals surface area contributed by atoms with Gasteiger partial charge in [0.1, 0.15) is 0 Å². The number of hydrogen-bond acceptors (Lipinski definition) is 1. The van der Waals surface area contributed by atoms with Gasteiger partial charge in [-0.1, -0.05) is 94.4 Å². The number of pyridine rings is 1. The first-order valence-electron chi connectivity index (χ1n) is 17.0. The molecule has 3 aliphatic heterocycles. The predicted molar refractivity (Wildman–Crippen MR) is 180 cm³/mol. The van der Waals surface area contributed by atoms with Crippen LogP contribution in [0, 0.1) is 0 Å². The van der Waals surface area contributed by atoms with Crippen molar-refractivity contribution in [3.8, 4) is 22.4 Å². The first-order chi connectivity index (χ1) is 21.4. The van der Waals surface area contributed by atoms with E-state index in [1.54, 1.807) is 27.8 Å². The van der Waals surface area contributed by atoms with Gasteiger partial charge >= 0.3 is 0 Å². The maximum absolute atomic E-state index is 2.80.